The molecule has 0 N–H and O–H groups in total. The number of nitrogens with zero attached hydrogens (tertiary/aromatic N) is 2. The van der Waals surface area contributed by atoms with Crippen molar-refractivity contribution in [2.45, 2.75) is 12.8 Å². The van der Waals surface area contributed by atoms with E-state index in [-0.39, 0.29) is 0 Å². The third-order valence-corrected chi connectivity index (χ3v) is 4.49. The molecule has 0 aromatic heterocycles. The SMILES string of the molecule is COc1ccccc1N1CCN(C(=O)CCCSC)CC1. The monoisotopic (exact) mass is 308 g/mol. The van der Waals surface area contributed by atoms with Crippen LogP contribution in [0.5, 0.6) is 5.75 Å². The number of piperazine rings is 1. The molecule has 0 aliphatic carbocycles. The quantitative estimate of drug-likeness (QED) is 0.756. The number of ether oxygens (including phenoxy) is 1. The van der Waals surface area contributed by atoms with Gasteiger partial charge in [0.1, 0.15) is 5.75 Å². The van der Waals surface area contributed by atoms with Crippen LogP contribution in [0.4, 0.5) is 5.69 Å². The first kappa shape index (κ1) is 16.0. The number of anilines is 1. The second kappa shape index (κ2) is 8.17. The highest BCUT2D eigenvalue weighted by Gasteiger charge is 2.22. The van der Waals surface area contributed by atoms with Crippen molar-refractivity contribution in [3.63, 3.8) is 0 Å². The van der Waals surface area contributed by atoms with E-state index < -0.39 is 0 Å². The van der Waals surface area contributed by atoms with Crippen molar-refractivity contribution in [2.24, 2.45) is 0 Å². The van der Waals surface area contributed by atoms with E-state index in [4.69, 9.17) is 4.74 Å². The van der Waals surface area contributed by atoms with E-state index in [1.54, 1.807) is 18.9 Å². The molecule has 0 bridgehead atoms. The predicted molar refractivity (Wildman–Crippen MR) is 89.4 cm³/mol. The topological polar surface area (TPSA) is 32.8 Å². The van der Waals surface area contributed by atoms with E-state index in [0.29, 0.717) is 12.3 Å². The van der Waals surface area contributed by atoms with Gasteiger partial charge in [-0.2, -0.15) is 11.8 Å². The molecule has 1 fully saturated rings. The molecule has 1 heterocycles. The number of para-hydroxylation sites is 2. The summed E-state index contributed by atoms with van der Waals surface area (Å²) in [4.78, 5) is 16.4. The van der Waals surface area contributed by atoms with Crippen LogP contribution in [0.3, 0.4) is 0 Å². The highest BCUT2D eigenvalue weighted by Crippen LogP contribution is 2.28. The Morgan fingerprint density at radius 1 is 1.24 bits per heavy atom. The lowest BCUT2D eigenvalue weighted by molar-refractivity contribution is -0.131. The first-order valence-corrected chi connectivity index (χ1v) is 8.80. The lowest BCUT2D eigenvalue weighted by atomic mass is 10.2. The van der Waals surface area contributed by atoms with Gasteiger partial charge in [0.25, 0.3) is 0 Å². The number of hydrogen-bond acceptors (Lipinski definition) is 4. The van der Waals surface area contributed by atoms with Gasteiger partial charge >= 0.3 is 0 Å². The molecule has 1 amide bonds. The Morgan fingerprint density at radius 3 is 2.62 bits per heavy atom. The number of carbonyl (C=O) groups is 1. The van der Waals surface area contributed by atoms with Crippen LogP contribution < -0.4 is 9.64 Å². The third kappa shape index (κ3) is 4.30. The molecule has 0 unspecified atom stereocenters. The van der Waals surface area contributed by atoms with Crippen molar-refractivity contribution < 1.29 is 9.53 Å². The molecular weight excluding hydrogens is 284 g/mol. The number of hydrogen-bond donors (Lipinski definition) is 0. The van der Waals surface area contributed by atoms with Gasteiger partial charge in [-0.25, -0.2) is 0 Å². The van der Waals surface area contributed by atoms with Crippen LogP contribution >= 0.6 is 11.8 Å². The van der Waals surface area contributed by atoms with Gasteiger partial charge in [0.2, 0.25) is 5.91 Å². The van der Waals surface area contributed by atoms with Gasteiger partial charge in [0.15, 0.2) is 0 Å². The van der Waals surface area contributed by atoms with Gasteiger partial charge in [-0.05, 0) is 30.6 Å². The van der Waals surface area contributed by atoms with E-state index in [1.807, 2.05) is 23.1 Å². The fraction of sp³-hybridized carbons (Fsp3) is 0.562. The minimum atomic E-state index is 0.295. The molecule has 0 saturated carbocycles. The molecule has 1 saturated heterocycles. The van der Waals surface area contributed by atoms with Gasteiger partial charge in [-0.3, -0.25) is 4.79 Å². The van der Waals surface area contributed by atoms with Crippen LogP contribution in [0.25, 0.3) is 0 Å². The molecule has 2 rings (SSSR count). The summed E-state index contributed by atoms with van der Waals surface area (Å²) in [6.45, 7) is 3.34. The first-order valence-electron chi connectivity index (χ1n) is 7.41. The van der Waals surface area contributed by atoms with Crippen LogP contribution in [-0.2, 0) is 4.79 Å². The van der Waals surface area contributed by atoms with Crippen LogP contribution in [0, 0.1) is 0 Å². The highest BCUT2D eigenvalue weighted by atomic mass is 32.2. The fourth-order valence-corrected chi connectivity index (χ4v) is 3.05. The van der Waals surface area contributed by atoms with Gasteiger partial charge in [-0.15, -0.1) is 0 Å². The maximum Gasteiger partial charge on any atom is 0.222 e. The van der Waals surface area contributed by atoms with Crippen molar-refractivity contribution in [3.05, 3.63) is 24.3 Å². The molecule has 1 aromatic carbocycles. The molecule has 1 aliphatic heterocycles. The average Bonchev–Trinajstić information content (AvgIpc) is 2.55. The van der Waals surface area contributed by atoms with Crippen molar-refractivity contribution >= 4 is 23.4 Å². The molecule has 0 spiro atoms. The molecule has 5 heteroatoms. The summed E-state index contributed by atoms with van der Waals surface area (Å²) < 4.78 is 5.41. The lowest BCUT2D eigenvalue weighted by Crippen LogP contribution is -2.48. The fourth-order valence-electron chi connectivity index (χ4n) is 2.61. The predicted octanol–water partition coefficient (Wildman–Crippen LogP) is 2.49. The van der Waals surface area contributed by atoms with E-state index in [9.17, 15) is 4.79 Å². The van der Waals surface area contributed by atoms with E-state index in [2.05, 4.69) is 17.2 Å². The summed E-state index contributed by atoms with van der Waals surface area (Å²) in [7, 11) is 1.70. The van der Waals surface area contributed by atoms with E-state index >= 15 is 0 Å². The number of thioether (sulfide) groups is 1. The Hall–Kier alpha value is -1.36. The van der Waals surface area contributed by atoms with Crippen molar-refractivity contribution in [2.75, 3.05) is 50.2 Å². The van der Waals surface area contributed by atoms with Crippen molar-refractivity contribution in [1.29, 1.82) is 0 Å². The van der Waals surface area contributed by atoms with Gasteiger partial charge in [0.05, 0.1) is 12.8 Å². The number of methoxy groups -OCH3 is 1. The Bertz CT molecular complexity index is 459. The molecule has 1 aromatic rings. The zero-order chi connectivity index (χ0) is 15.1. The second-order valence-corrected chi connectivity index (χ2v) is 6.12. The minimum Gasteiger partial charge on any atom is -0.495 e. The Labute approximate surface area is 131 Å². The second-order valence-electron chi connectivity index (χ2n) is 5.14. The van der Waals surface area contributed by atoms with Crippen LogP contribution in [0.1, 0.15) is 12.8 Å². The molecule has 1 aliphatic rings. The standard InChI is InChI=1S/C16H24N2O2S/c1-20-15-7-4-3-6-14(15)17-9-11-18(12-10-17)16(19)8-5-13-21-2/h3-4,6-7H,5,8-13H2,1-2H3. The Balaban J connectivity index is 1.87. The zero-order valence-corrected chi connectivity index (χ0v) is 13.7. The number of benzene rings is 1. The van der Waals surface area contributed by atoms with Crippen molar-refractivity contribution in [1.82, 2.24) is 4.90 Å². The normalized spacial score (nSPS) is 15.1. The number of amides is 1. The summed E-state index contributed by atoms with van der Waals surface area (Å²) in [6.07, 6.45) is 3.73. The molecule has 0 radical (unpaired) electrons. The molecule has 116 valence electrons. The highest BCUT2D eigenvalue weighted by molar-refractivity contribution is 7.98. The smallest absolute Gasteiger partial charge is 0.222 e. The summed E-state index contributed by atoms with van der Waals surface area (Å²) in [5, 5.41) is 0. The van der Waals surface area contributed by atoms with Crippen LogP contribution in [0.15, 0.2) is 24.3 Å². The minimum absolute atomic E-state index is 0.295. The Kier molecular flexibility index (Phi) is 6.23. The number of rotatable bonds is 6. The molecular formula is C16H24N2O2S. The van der Waals surface area contributed by atoms with E-state index in [1.165, 1.54) is 0 Å². The lowest BCUT2D eigenvalue weighted by Gasteiger charge is -2.36. The van der Waals surface area contributed by atoms with Crippen LogP contribution in [-0.4, -0.2) is 56.1 Å². The molecule has 4 nitrogen and oxygen atoms in total. The van der Waals surface area contributed by atoms with Gasteiger partial charge in [-0.1, -0.05) is 12.1 Å². The number of carbonyl (C=O) groups excluding carboxylic acids is 1. The Morgan fingerprint density at radius 2 is 1.95 bits per heavy atom. The molecule has 21 heavy (non-hydrogen) atoms. The summed E-state index contributed by atoms with van der Waals surface area (Å²) in [6, 6.07) is 8.07. The van der Waals surface area contributed by atoms with Crippen LogP contribution in [0.2, 0.25) is 0 Å². The largest absolute Gasteiger partial charge is 0.495 e. The third-order valence-electron chi connectivity index (χ3n) is 3.80. The summed E-state index contributed by atoms with van der Waals surface area (Å²) >= 11 is 1.80. The van der Waals surface area contributed by atoms with E-state index in [0.717, 1.165) is 49.8 Å². The first-order chi connectivity index (χ1) is 10.3. The zero-order valence-electron chi connectivity index (χ0n) is 12.9. The maximum absolute atomic E-state index is 12.1. The molecule has 0 atom stereocenters. The average molecular weight is 308 g/mol. The maximum atomic E-state index is 12.1. The summed E-state index contributed by atoms with van der Waals surface area (Å²) in [5.41, 5.74) is 1.12. The van der Waals surface area contributed by atoms with Crippen molar-refractivity contribution in [3.8, 4) is 5.75 Å². The summed E-state index contributed by atoms with van der Waals surface area (Å²) in [5.74, 6) is 2.26. The van der Waals surface area contributed by atoms with Gasteiger partial charge in [0, 0.05) is 32.6 Å². The van der Waals surface area contributed by atoms with Gasteiger partial charge < -0.3 is 14.5 Å².